The van der Waals surface area contributed by atoms with Gasteiger partial charge in [0.1, 0.15) is 11.2 Å². The molecule has 3 aromatic heterocycles. The van der Waals surface area contributed by atoms with Crippen LogP contribution >= 0.6 is 0 Å². The molecule has 0 saturated carbocycles. The molecule has 0 aliphatic carbocycles. The summed E-state index contributed by atoms with van der Waals surface area (Å²) in [7, 11) is 0. The largest absolute Gasteiger partial charge is 0.455 e. The molecule has 3 heteroatoms. The summed E-state index contributed by atoms with van der Waals surface area (Å²) in [4.78, 5) is 3.85. The van der Waals surface area contributed by atoms with Crippen LogP contribution in [0.5, 0.6) is 0 Å². The number of hydrogen-bond acceptors (Lipinski definition) is 1. The van der Waals surface area contributed by atoms with Gasteiger partial charge in [-0.25, -0.2) is 0 Å². The van der Waals surface area contributed by atoms with E-state index in [-0.39, 0.29) is 0 Å². The van der Waals surface area contributed by atoms with Crippen LogP contribution in [-0.2, 0) is 0 Å². The van der Waals surface area contributed by atoms with Gasteiger partial charge in [0.15, 0.2) is 0 Å². The van der Waals surface area contributed by atoms with Crippen LogP contribution in [0, 0.1) is 0 Å². The minimum Gasteiger partial charge on any atom is -0.455 e. The molecule has 0 bridgehead atoms. The first kappa shape index (κ1) is 22.8. The van der Waals surface area contributed by atoms with E-state index in [9.17, 15) is 0 Å². The first-order valence-corrected chi connectivity index (χ1v) is 14.7. The molecule has 3 nitrogen and oxygen atoms in total. The molecule has 0 aliphatic heterocycles. The van der Waals surface area contributed by atoms with Gasteiger partial charge in [0, 0.05) is 49.1 Å². The number of aromatic nitrogens is 2. The molecule has 0 amide bonds. The lowest BCUT2D eigenvalue weighted by Gasteiger charge is -2.13. The quantitative estimate of drug-likeness (QED) is 0.229. The summed E-state index contributed by atoms with van der Waals surface area (Å²) in [5.74, 6) is 0. The zero-order chi connectivity index (χ0) is 28.1. The molecule has 1 N–H and O–H groups in total. The van der Waals surface area contributed by atoms with E-state index >= 15 is 0 Å². The van der Waals surface area contributed by atoms with Crippen molar-refractivity contribution in [1.29, 1.82) is 0 Å². The summed E-state index contributed by atoms with van der Waals surface area (Å²) in [6, 6.07) is 49.9. The van der Waals surface area contributed by atoms with E-state index in [1.165, 1.54) is 43.4 Å². The second-order valence-electron chi connectivity index (χ2n) is 11.4. The van der Waals surface area contributed by atoms with E-state index in [2.05, 4.69) is 143 Å². The van der Waals surface area contributed by atoms with Crippen molar-refractivity contribution >= 4 is 76.3 Å². The fourth-order valence-electron chi connectivity index (χ4n) is 7.31. The topological polar surface area (TPSA) is 33.9 Å². The monoisotopic (exact) mass is 548 g/mol. The molecule has 43 heavy (non-hydrogen) atoms. The molecule has 200 valence electrons. The smallest absolute Gasteiger partial charge is 0.143 e. The van der Waals surface area contributed by atoms with Gasteiger partial charge < -0.3 is 14.0 Å². The number of benzene rings is 7. The number of para-hydroxylation sites is 3. The predicted molar refractivity (Wildman–Crippen MR) is 180 cm³/mol. The SMILES string of the molecule is c1ccc(-c2cc(-n3c4ccccc4c4c5ccccc5c5c6ccccc6[nH]c5c43)cc3c2oc2ccccc23)cc1. The van der Waals surface area contributed by atoms with Gasteiger partial charge in [0.2, 0.25) is 0 Å². The van der Waals surface area contributed by atoms with Gasteiger partial charge >= 0.3 is 0 Å². The normalized spacial score (nSPS) is 12.2. The second-order valence-corrected chi connectivity index (χ2v) is 11.4. The average Bonchev–Trinajstić information content (AvgIpc) is 3.75. The van der Waals surface area contributed by atoms with Gasteiger partial charge in [-0.3, -0.25) is 0 Å². The maximum atomic E-state index is 6.54. The van der Waals surface area contributed by atoms with Crippen molar-refractivity contribution in [2.45, 2.75) is 0 Å². The number of hydrogen-bond donors (Lipinski definition) is 1. The molecule has 0 fully saturated rings. The standard InChI is InChI=1S/C40H24N2O/c1-2-12-24(13-3-1)31-22-25(23-32-26-14-8-11-21-35(26)43-40(31)32)42-34-20-10-7-18-30(34)37-28-16-5-4-15-27(28)36-29-17-6-9-19-33(29)41-38(36)39(37)42/h1-23,41H. The third-order valence-electron chi connectivity index (χ3n) is 9.09. The Kier molecular flexibility index (Phi) is 4.45. The molecule has 0 aliphatic rings. The van der Waals surface area contributed by atoms with Gasteiger partial charge in [0.05, 0.1) is 16.6 Å². The summed E-state index contributed by atoms with van der Waals surface area (Å²) in [6.45, 7) is 0. The highest BCUT2D eigenvalue weighted by Crippen LogP contribution is 2.46. The molecular formula is C40H24N2O. The molecular weight excluding hydrogens is 524 g/mol. The number of nitrogens with zero attached hydrogens (tertiary/aromatic N) is 1. The number of aromatic amines is 1. The van der Waals surface area contributed by atoms with Gasteiger partial charge in [-0.2, -0.15) is 0 Å². The van der Waals surface area contributed by atoms with Crippen molar-refractivity contribution in [1.82, 2.24) is 9.55 Å². The third-order valence-corrected chi connectivity index (χ3v) is 9.09. The summed E-state index contributed by atoms with van der Waals surface area (Å²) in [5, 5.41) is 9.80. The lowest BCUT2D eigenvalue weighted by atomic mass is 9.98. The maximum Gasteiger partial charge on any atom is 0.143 e. The summed E-state index contributed by atoms with van der Waals surface area (Å²) in [5.41, 5.74) is 9.82. The molecule has 0 radical (unpaired) electrons. The molecule has 0 atom stereocenters. The van der Waals surface area contributed by atoms with Gasteiger partial charge in [0.25, 0.3) is 0 Å². The van der Waals surface area contributed by atoms with Crippen molar-refractivity contribution in [3.63, 3.8) is 0 Å². The van der Waals surface area contributed by atoms with Gasteiger partial charge in [-0.15, -0.1) is 0 Å². The Morgan fingerprint density at radius 3 is 2.00 bits per heavy atom. The number of furan rings is 1. The van der Waals surface area contributed by atoms with Crippen LogP contribution in [0.15, 0.2) is 144 Å². The number of rotatable bonds is 2. The highest BCUT2D eigenvalue weighted by Gasteiger charge is 2.23. The van der Waals surface area contributed by atoms with Gasteiger partial charge in [-0.1, -0.05) is 109 Å². The van der Waals surface area contributed by atoms with E-state index in [4.69, 9.17) is 4.42 Å². The fraction of sp³-hybridized carbons (Fsp3) is 0. The molecule has 10 rings (SSSR count). The van der Waals surface area contributed by atoms with Gasteiger partial charge in [-0.05, 0) is 46.7 Å². The van der Waals surface area contributed by atoms with Crippen LogP contribution in [0.25, 0.3) is 93.1 Å². The molecule has 0 saturated heterocycles. The van der Waals surface area contributed by atoms with E-state index in [1.807, 2.05) is 6.07 Å². The molecule has 0 spiro atoms. The average molecular weight is 549 g/mol. The Hall–Kier alpha value is -5.80. The van der Waals surface area contributed by atoms with Crippen LogP contribution in [0.2, 0.25) is 0 Å². The van der Waals surface area contributed by atoms with E-state index in [0.717, 1.165) is 49.8 Å². The van der Waals surface area contributed by atoms with E-state index in [0.29, 0.717) is 0 Å². The Morgan fingerprint density at radius 2 is 1.16 bits per heavy atom. The first-order valence-electron chi connectivity index (χ1n) is 14.7. The molecule has 3 heterocycles. The Balaban J connectivity index is 1.46. The minimum absolute atomic E-state index is 0.901. The molecule has 0 unspecified atom stereocenters. The molecule has 7 aromatic carbocycles. The first-order chi connectivity index (χ1) is 21.3. The van der Waals surface area contributed by atoms with Crippen LogP contribution in [0.4, 0.5) is 0 Å². The lowest BCUT2D eigenvalue weighted by molar-refractivity contribution is 0.670. The predicted octanol–water partition coefficient (Wildman–Crippen LogP) is 11.1. The summed E-state index contributed by atoms with van der Waals surface area (Å²) in [6.07, 6.45) is 0. The third kappa shape index (κ3) is 3.03. The highest BCUT2D eigenvalue weighted by molar-refractivity contribution is 6.35. The highest BCUT2D eigenvalue weighted by atomic mass is 16.3. The van der Waals surface area contributed by atoms with Crippen molar-refractivity contribution in [3.8, 4) is 16.8 Å². The summed E-state index contributed by atoms with van der Waals surface area (Å²) >= 11 is 0. The van der Waals surface area contributed by atoms with Crippen molar-refractivity contribution in [2.75, 3.05) is 0 Å². The number of nitrogens with one attached hydrogen (secondary N) is 1. The Bertz CT molecular complexity index is 2720. The number of fused-ring (bicyclic) bond motifs is 13. The Morgan fingerprint density at radius 1 is 0.512 bits per heavy atom. The van der Waals surface area contributed by atoms with Crippen molar-refractivity contribution < 1.29 is 4.42 Å². The zero-order valence-electron chi connectivity index (χ0n) is 23.1. The van der Waals surface area contributed by atoms with Crippen LogP contribution in [-0.4, -0.2) is 9.55 Å². The van der Waals surface area contributed by atoms with Crippen LogP contribution in [0.1, 0.15) is 0 Å². The van der Waals surface area contributed by atoms with Crippen molar-refractivity contribution in [2.24, 2.45) is 0 Å². The van der Waals surface area contributed by atoms with Crippen LogP contribution < -0.4 is 0 Å². The summed E-state index contributed by atoms with van der Waals surface area (Å²) < 4.78 is 9.00. The van der Waals surface area contributed by atoms with Crippen molar-refractivity contribution in [3.05, 3.63) is 140 Å². The molecule has 10 aromatic rings. The lowest BCUT2D eigenvalue weighted by Crippen LogP contribution is -1.96. The van der Waals surface area contributed by atoms with E-state index in [1.54, 1.807) is 0 Å². The maximum absolute atomic E-state index is 6.54. The van der Waals surface area contributed by atoms with Crippen LogP contribution in [0.3, 0.4) is 0 Å². The second kappa shape index (κ2) is 8.37. The fourth-order valence-corrected chi connectivity index (χ4v) is 7.31. The number of H-pyrrole nitrogens is 1. The minimum atomic E-state index is 0.901. The Labute approximate surface area is 246 Å². The van der Waals surface area contributed by atoms with E-state index < -0.39 is 0 Å². The zero-order valence-corrected chi connectivity index (χ0v) is 23.1.